The molecular weight excluding hydrogens is 366 g/mol. The highest BCUT2D eigenvalue weighted by atomic mass is 32.1. The van der Waals surface area contributed by atoms with Crippen molar-refractivity contribution in [2.45, 2.75) is 53.0 Å². The maximum Gasteiger partial charge on any atom is 0.266 e. The van der Waals surface area contributed by atoms with Crippen LogP contribution < -0.4 is 0 Å². The van der Waals surface area contributed by atoms with E-state index in [9.17, 15) is 13.6 Å². The first kappa shape index (κ1) is 18.5. The Morgan fingerprint density at radius 3 is 2.56 bits per heavy atom. The molecule has 2 fully saturated rings. The molecule has 2 heterocycles. The molecule has 2 aromatic rings. The van der Waals surface area contributed by atoms with Crippen molar-refractivity contribution in [1.29, 1.82) is 0 Å². The quantitative estimate of drug-likeness (QED) is 0.684. The summed E-state index contributed by atoms with van der Waals surface area (Å²) in [7, 11) is 0. The van der Waals surface area contributed by atoms with Gasteiger partial charge in [0.05, 0.1) is 11.3 Å². The lowest BCUT2D eigenvalue weighted by atomic mass is 9.65. The summed E-state index contributed by atoms with van der Waals surface area (Å²) in [5.41, 5.74) is 0.740. The number of amides is 1. The Bertz CT molecular complexity index is 903. The van der Waals surface area contributed by atoms with Crippen LogP contribution in [0.1, 0.15) is 55.4 Å². The molecule has 1 saturated carbocycles. The fourth-order valence-electron chi connectivity index (χ4n) is 5.23. The molecule has 27 heavy (non-hydrogen) atoms. The number of thiazole rings is 1. The third kappa shape index (κ3) is 3.18. The van der Waals surface area contributed by atoms with Crippen molar-refractivity contribution in [2.75, 3.05) is 6.54 Å². The van der Waals surface area contributed by atoms with Crippen LogP contribution in [0.15, 0.2) is 18.2 Å². The number of rotatable bonds is 2. The maximum atomic E-state index is 14.1. The van der Waals surface area contributed by atoms with Gasteiger partial charge < -0.3 is 4.90 Å². The molecule has 1 aliphatic carbocycles. The summed E-state index contributed by atoms with van der Waals surface area (Å²) in [5.74, 6) is -1.37. The van der Waals surface area contributed by atoms with Gasteiger partial charge in [0.1, 0.15) is 21.5 Å². The van der Waals surface area contributed by atoms with Gasteiger partial charge in [-0.2, -0.15) is 0 Å². The number of hydrogen-bond donors (Lipinski definition) is 0. The summed E-state index contributed by atoms with van der Waals surface area (Å²) < 4.78 is 28.2. The number of carbonyl (C=O) groups is 1. The molecule has 0 N–H and O–H groups in total. The maximum absolute atomic E-state index is 14.1. The first-order valence-corrected chi connectivity index (χ1v) is 10.1. The second-order valence-electron chi connectivity index (χ2n) is 9.18. The third-order valence-electron chi connectivity index (χ3n) is 5.84. The molecule has 144 valence electrons. The fourth-order valence-corrected chi connectivity index (χ4v) is 6.30. The molecule has 1 amide bonds. The van der Waals surface area contributed by atoms with Crippen molar-refractivity contribution in [3.63, 3.8) is 0 Å². The van der Waals surface area contributed by atoms with E-state index in [-0.39, 0.29) is 33.4 Å². The largest absolute Gasteiger partial charge is 0.334 e. The number of likely N-dealkylation sites (tertiary alicyclic amines) is 1. The molecule has 1 saturated heterocycles. The van der Waals surface area contributed by atoms with Gasteiger partial charge in [-0.1, -0.05) is 26.8 Å². The Kier molecular flexibility index (Phi) is 4.18. The van der Waals surface area contributed by atoms with Crippen molar-refractivity contribution in [3.8, 4) is 10.6 Å². The zero-order valence-corrected chi connectivity index (χ0v) is 16.9. The third-order valence-corrected chi connectivity index (χ3v) is 7.01. The average Bonchev–Trinajstić information content (AvgIpc) is 3.02. The van der Waals surface area contributed by atoms with Crippen molar-refractivity contribution in [1.82, 2.24) is 9.88 Å². The summed E-state index contributed by atoms with van der Waals surface area (Å²) in [4.78, 5) is 20.1. The Labute approximate surface area is 162 Å². The Balaban J connectivity index is 1.67. The molecule has 1 aromatic carbocycles. The molecular formula is C21H24F2N2OS. The van der Waals surface area contributed by atoms with Crippen LogP contribution in [0.4, 0.5) is 8.78 Å². The first-order chi connectivity index (χ1) is 12.6. The van der Waals surface area contributed by atoms with E-state index in [4.69, 9.17) is 0 Å². The van der Waals surface area contributed by atoms with Gasteiger partial charge >= 0.3 is 0 Å². The number of nitrogens with zero attached hydrogens (tertiary/aromatic N) is 2. The highest BCUT2D eigenvalue weighted by molar-refractivity contribution is 7.17. The topological polar surface area (TPSA) is 33.2 Å². The number of carbonyl (C=O) groups excluding carboxylic acids is 1. The molecule has 2 atom stereocenters. The summed E-state index contributed by atoms with van der Waals surface area (Å²) in [5, 5.41) is 0.222. The molecule has 4 rings (SSSR count). The highest BCUT2D eigenvalue weighted by Crippen LogP contribution is 2.53. The van der Waals surface area contributed by atoms with E-state index < -0.39 is 11.6 Å². The van der Waals surface area contributed by atoms with Crippen molar-refractivity contribution in [3.05, 3.63) is 40.4 Å². The van der Waals surface area contributed by atoms with E-state index in [0.29, 0.717) is 10.6 Å². The minimum Gasteiger partial charge on any atom is -0.334 e. The van der Waals surface area contributed by atoms with Crippen LogP contribution in [0.2, 0.25) is 0 Å². The molecule has 3 nitrogen and oxygen atoms in total. The van der Waals surface area contributed by atoms with Crippen LogP contribution in [-0.4, -0.2) is 28.4 Å². The van der Waals surface area contributed by atoms with Gasteiger partial charge in [0.2, 0.25) is 0 Å². The van der Waals surface area contributed by atoms with Crippen LogP contribution in [-0.2, 0) is 0 Å². The van der Waals surface area contributed by atoms with E-state index in [1.807, 2.05) is 4.90 Å². The van der Waals surface area contributed by atoms with Gasteiger partial charge in [0, 0.05) is 12.6 Å². The van der Waals surface area contributed by atoms with Crippen molar-refractivity contribution in [2.24, 2.45) is 10.8 Å². The van der Waals surface area contributed by atoms with Gasteiger partial charge in [-0.3, -0.25) is 4.79 Å². The molecule has 6 heteroatoms. The predicted molar refractivity (Wildman–Crippen MR) is 103 cm³/mol. The molecule has 1 aliphatic heterocycles. The summed E-state index contributed by atoms with van der Waals surface area (Å²) in [6, 6.07) is 3.97. The second-order valence-corrected chi connectivity index (χ2v) is 10.2. The number of halogens is 2. The van der Waals surface area contributed by atoms with Crippen molar-refractivity contribution >= 4 is 17.2 Å². The van der Waals surface area contributed by atoms with E-state index in [1.54, 1.807) is 6.92 Å². The lowest BCUT2D eigenvalue weighted by Gasteiger charge is -2.39. The molecule has 0 spiro atoms. The van der Waals surface area contributed by atoms with Crippen LogP contribution in [0.3, 0.4) is 0 Å². The predicted octanol–water partition coefficient (Wildman–Crippen LogP) is 5.44. The number of aryl methyl sites for hydroxylation is 1. The monoisotopic (exact) mass is 390 g/mol. The average molecular weight is 390 g/mol. The van der Waals surface area contributed by atoms with Gasteiger partial charge in [-0.05, 0) is 49.1 Å². The molecule has 1 aromatic heterocycles. The second kappa shape index (κ2) is 6.09. The Hall–Kier alpha value is -1.82. The zero-order chi connectivity index (χ0) is 19.6. The van der Waals surface area contributed by atoms with Gasteiger partial charge in [0.15, 0.2) is 0 Å². The van der Waals surface area contributed by atoms with Gasteiger partial charge in [-0.25, -0.2) is 13.8 Å². The van der Waals surface area contributed by atoms with Crippen LogP contribution in [0.25, 0.3) is 10.6 Å². The molecule has 2 unspecified atom stereocenters. The van der Waals surface area contributed by atoms with Crippen LogP contribution in [0, 0.1) is 29.4 Å². The highest BCUT2D eigenvalue weighted by Gasteiger charge is 2.51. The van der Waals surface area contributed by atoms with Gasteiger partial charge in [0.25, 0.3) is 5.91 Å². The zero-order valence-electron chi connectivity index (χ0n) is 16.1. The molecule has 0 radical (unpaired) electrons. The van der Waals surface area contributed by atoms with E-state index in [0.717, 1.165) is 37.1 Å². The van der Waals surface area contributed by atoms with Crippen LogP contribution in [0.5, 0.6) is 0 Å². The molecule has 2 bridgehead atoms. The SMILES string of the molecule is Cc1nc(-c2c(F)cccc2F)sc1C(=O)N1CC2(C)CC1CC(C)(C)C2. The summed E-state index contributed by atoms with van der Waals surface area (Å²) >= 11 is 1.09. The lowest BCUT2D eigenvalue weighted by Crippen LogP contribution is -2.37. The lowest BCUT2D eigenvalue weighted by molar-refractivity contribution is 0.0712. The smallest absolute Gasteiger partial charge is 0.266 e. The van der Waals surface area contributed by atoms with Crippen molar-refractivity contribution < 1.29 is 13.6 Å². The number of benzene rings is 1. The van der Waals surface area contributed by atoms with E-state index in [1.165, 1.54) is 18.2 Å². The summed E-state index contributed by atoms with van der Waals surface area (Å²) in [6.45, 7) is 9.26. The Morgan fingerprint density at radius 2 is 1.89 bits per heavy atom. The van der Waals surface area contributed by atoms with Gasteiger partial charge in [-0.15, -0.1) is 11.3 Å². The first-order valence-electron chi connectivity index (χ1n) is 9.31. The van der Waals surface area contributed by atoms with E-state index in [2.05, 4.69) is 25.8 Å². The molecule has 2 aliphatic rings. The minimum atomic E-state index is -0.658. The van der Waals surface area contributed by atoms with Crippen LogP contribution >= 0.6 is 11.3 Å². The number of hydrogen-bond acceptors (Lipinski definition) is 3. The Morgan fingerprint density at radius 1 is 1.22 bits per heavy atom. The van der Waals surface area contributed by atoms with E-state index >= 15 is 0 Å². The number of aromatic nitrogens is 1. The minimum absolute atomic E-state index is 0.0561. The summed E-state index contributed by atoms with van der Waals surface area (Å²) in [6.07, 6.45) is 3.11. The fraction of sp³-hybridized carbons (Fsp3) is 0.524. The normalized spacial score (nSPS) is 26.4. The number of fused-ring (bicyclic) bond motifs is 2. The standard InChI is InChI=1S/C21H24F2N2OS/c1-12-17(27-18(24-12)16-14(22)6-5-7-15(16)23)19(26)25-11-21(4)9-13(25)8-20(2,3)10-21/h5-7,13H,8-11H2,1-4H3.